The van der Waals surface area contributed by atoms with Crippen molar-refractivity contribution >= 4 is 39.1 Å². The molecule has 1 aliphatic rings. The number of aryl methyl sites for hydroxylation is 1. The van der Waals surface area contributed by atoms with E-state index in [-0.39, 0.29) is 17.8 Å². The van der Waals surface area contributed by atoms with Crippen LogP contribution in [-0.2, 0) is 11.3 Å². The molecule has 0 unspecified atom stereocenters. The second-order valence-electron chi connectivity index (χ2n) is 8.55. The Bertz CT molecular complexity index is 1310. The van der Waals surface area contributed by atoms with Gasteiger partial charge in [-0.2, -0.15) is 13.2 Å². The van der Waals surface area contributed by atoms with E-state index in [1.54, 1.807) is 11.8 Å². The van der Waals surface area contributed by atoms with Crippen molar-refractivity contribution in [1.29, 1.82) is 0 Å². The molecule has 0 saturated carbocycles. The Balaban J connectivity index is 1.51. The van der Waals surface area contributed by atoms with Crippen molar-refractivity contribution in [3.8, 4) is 0 Å². The number of carbonyl (C=O) groups excluding carboxylic acids is 2. The van der Waals surface area contributed by atoms with Gasteiger partial charge in [0.1, 0.15) is 17.9 Å². The summed E-state index contributed by atoms with van der Waals surface area (Å²) >= 11 is 1.11. The normalized spacial score (nSPS) is 14.4. The van der Waals surface area contributed by atoms with Gasteiger partial charge in [-0.3, -0.25) is 19.0 Å². The van der Waals surface area contributed by atoms with Crippen LogP contribution < -0.4 is 10.5 Å². The zero-order valence-corrected chi connectivity index (χ0v) is 20.7. The predicted molar refractivity (Wildman–Crippen MR) is 131 cm³/mol. The van der Waals surface area contributed by atoms with Gasteiger partial charge in [-0.1, -0.05) is 18.2 Å². The van der Waals surface area contributed by atoms with Gasteiger partial charge in [0.2, 0.25) is 5.91 Å². The van der Waals surface area contributed by atoms with Crippen LogP contribution in [0.5, 0.6) is 0 Å². The largest absolute Gasteiger partial charge is 0.406 e. The van der Waals surface area contributed by atoms with E-state index in [4.69, 9.17) is 0 Å². The number of thiophene rings is 1. The molecule has 0 atom stereocenters. The first-order chi connectivity index (χ1) is 17.1. The Morgan fingerprint density at radius 2 is 1.78 bits per heavy atom. The highest BCUT2D eigenvalue weighted by atomic mass is 32.1. The first-order valence-corrected chi connectivity index (χ1v) is 12.3. The van der Waals surface area contributed by atoms with E-state index >= 15 is 0 Å². The highest BCUT2D eigenvalue weighted by molar-refractivity contribution is 7.20. The molecule has 8 nitrogen and oxygen atoms in total. The minimum atomic E-state index is -4.54. The summed E-state index contributed by atoms with van der Waals surface area (Å²) in [4.78, 5) is 48.4. The lowest BCUT2D eigenvalue weighted by molar-refractivity contribution is -0.161. The molecular formula is C24H26F3N5O3S. The number of fused-ring (bicyclic) bond motifs is 1. The monoisotopic (exact) mass is 521 g/mol. The Morgan fingerprint density at radius 1 is 1.11 bits per heavy atom. The van der Waals surface area contributed by atoms with E-state index in [1.165, 1.54) is 6.92 Å². The fourth-order valence-electron chi connectivity index (χ4n) is 4.26. The molecule has 12 heteroatoms. The number of hydrogen-bond donors (Lipinski definition) is 0. The molecule has 1 fully saturated rings. The number of alkyl halides is 3. The Hall–Kier alpha value is -3.41. The summed E-state index contributed by atoms with van der Waals surface area (Å²) < 4.78 is 39.3. The summed E-state index contributed by atoms with van der Waals surface area (Å²) in [5.41, 5.74) is 1.00. The van der Waals surface area contributed by atoms with Crippen LogP contribution in [0.4, 0.5) is 18.9 Å². The lowest BCUT2D eigenvalue weighted by Crippen LogP contribution is -2.48. The highest BCUT2D eigenvalue weighted by Gasteiger charge is 2.32. The lowest BCUT2D eigenvalue weighted by Gasteiger charge is -2.36. The number of piperazine rings is 1. The average molecular weight is 522 g/mol. The quantitative estimate of drug-likeness (QED) is 0.498. The maximum atomic E-state index is 13.3. The fourth-order valence-corrected chi connectivity index (χ4v) is 5.37. The van der Waals surface area contributed by atoms with Crippen LogP contribution in [-0.4, -0.2) is 76.6 Å². The lowest BCUT2D eigenvalue weighted by atomic mass is 10.2. The third kappa shape index (κ3) is 5.38. The summed E-state index contributed by atoms with van der Waals surface area (Å²) in [6.45, 7) is 3.41. The van der Waals surface area contributed by atoms with Crippen LogP contribution in [0.2, 0.25) is 0 Å². The maximum Gasteiger partial charge on any atom is 0.406 e. The van der Waals surface area contributed by atoms with Gasteiger partial charge in [0, 0.05) is 38.4 Å². The number of likely N-dealkylation sites (N-methyl/N-ethyl adjacent to an activating group) is 1. The minimum absolute atomic E-state index is 0.142. The molecule has 0 bridgehead atoms. The molecule has 2 amide bonds. The van der Waals surface area contributed by atoms with Gasteiger partial charge < -0.3 is 14.7 Å². The van der Waals surface area contributed by atoms with Gasteiger partial charge in [0.05, 0.1) is 16.6 Å². The molecule has 0 radical (unpaired) electrons. The number of carbonyl (C=O) groups is 2. The van der Waals surface area contributed by atoms with Crippen molar-refractivity contribution in [3.05, 3.63) is 57.5 Å². The minimum Gasteiger partial charge on any atom is -0.368 e. The third-order valence-corrected chi connectivity index (χ3v) is 7.40. The zero-order valence-electron chi connectivity index (χ0n) is 19.9. The van der Waals surface area contributed by atoms with Crippen molar-refractivity contribution in [2.24, 2.45) is 0 Å². The molecule has 1 aliphatic heterocycles. The molecule has 3 aromatic rings. The van der Waals surface area contributed by atoms with Gasteiger partial charge >= 0.3 is 6.18 Å². The SMILES string of the molecule is CCN(CC(F)(F)F)C(=O)Cn1cnc2sc(C(=O)N3CCN(c4ccccc4)CC3)c(C)c2c1=O. The number of rotatable bonds is 6. The van der Waals surface area contributed by atoms with E-state index in [9.17, 15) is 27.6 Å². The van der Waals surface area contributed by atoms with Crippen molar-refractivity contribution in [2.45, 2.75) is 26.6 Å². The molecule has 1 aromatic carbocycles. The average Bonchev–Trinajstić information content (AvgIpc) is 3.20. The van der Waals surface area contributed by atoms with E-state index in [1.807, 2.05) is 30.3 Å². The highest BCUT2D eigenvalue weighted by Crippen LogP contribution is 2.29. The molecule has 36 heavy (non-hydrogen) atoms. The first kappa shape index (κ1) is 25.7. The van der Waals surface area contributed by atoms with Crippen LogP contribution in [0, 0.1) is 6.92 Å². The molecule has 1 saturated heterocycles. The summed E-state index contributed by atoms with van der Waals surface area (Å²) in [7, 11) is 0. The predicted octanol–water partition coefficient (Wildman–Crippen LogP) is 3.14. The van der Waals surface area contributed by atoms with Crippen LogP contribution in [0.15, 0.2) is 41.5 Å². The number of aromatic nitrogens is 2. The van der Waals surface area contributed by atoms with E-state index in [0.717, 1.165) is 27.9 Å². The number of hydrogen-bond acceptors (Lipinski definition) is 6. The number of para-hydroxylation sites is 1. The molecule has 4 rings (SSSR count). The van der Waals surface area contributed by atoms with Gasteiger partial charge in [-0.05, 0) is 31.5 Å². The van der Waals surface area contributed by atoms with Gasteiger partial charge in [-0.25, -0.2) is 4.98 Å². The summed E-state index contributed by atoms with van der Waals surface area (Å²) in [5, 5.41) is 0.209. The third-order valence-electron chi connectivity index (χ3n) is 6.21. The zero-order chi connectivity index (χ0) is 26.0. The smallest absolute Gasteiger partial charge is 0.368 e. The van der Waals surface area contributed by atoms with Crippen LogP contribution in [0.3, 0.4) is 0 Å². The summed E-state index contributed by atoms with van der Waals surface area (Å²) in [6, 6.07) is 9.94. The number of anilines is 1. The second-order valence-corrected chi connectivity index (χ2v) is 9.55. The standard InChI is InChI=1S/C24H26F3N5O3S/c1-3-29(14-24(25,26)27)18(33)13-32-15-28-21-19(22(32)34)16(2)20(36-21)23(35)31-11-9-30(10-12-31)17-7-5-4-6-8-17/h4-8,15H,3,9-14H2,1-2H3. The van der Waals surface area contributed by atoms with Crippen molar-refractivity contribution < 1.29 is 22.8 Å². The Morgan fingerprint density at radius 3 is 2.39 bits per heavy atom. The molecule has 2 aromatic heterocycles. The number of benzene rings is 1. The number of amides is 2. The van der Waals surface area contributed by atoms with E-state index in [2.05, 4.69) is 9.88 Å². The Kier molecular flexibility index (Phi) is 7.34. The van der Waals surface area contributed by atoms with Gasteiger partial charge in [0.25, 0.3) is 11.5 Å². The van der Waals surface area contributed by atoms with E-state index in [0.29, 0.717) is 46.3 Å². The van der Waals surface area contributed by atoms with Gasteiger partial charge in [-0.15, -0.1) is 11.3 Å². The van der Waals surface area contributed by atoms with Crippen LogP contribution >= 0.6 is 11.3 Å². The second kappa shape index (κ2) is 10.3. The van der Waals surface area contributed by atoms with Crippen molar-refractivity contribution in [2.75, 3.05) is 44.2 Å². The Labute approximate surface area is 209 Å². The first-order valence-electron chi connectivity index (χ1n) is 11.5. The maximum absolute atomic E-state index is 13.3. The summed E-state index contributed by atoms with van der Waals surface area (Å²) in [5.74, 6) is -1.02. The summed E-state index contributed by atoms with van der Waals surface area (Å²) in [6.07, 6.45) is -3.39. The molecule has 3 heterocycles. The number of nitrogens with zero attached hydrogens (tertiary/aromatic N) is 5. The molecule has 192 valence electrons. The fraction of sp³-hybridized carbons (Fsp3) is 0.417. The van der Waals surface area contributed by atoms with E-state index < -0.39 is 30.7 Å². The van der Waals surface area contributed by atoms with Crippen molar-refractivity contribution in [3.63, 3.8) is 0 Å². The topological polar surface area (TPSA) is 78.8 Å². The van der Waals surface area contributed by atoms with Crippen LogP contribution in [0.1, 0.15) is 22.2 Å². The molecule has 0 spiro atoms. The van der Waals surface area contributed by atoms with Crippen molar-refractivity contribution in [1.82, 2.24) is 19.4 Å². The molecule has 0 aliphatic carbocycles. The molecular weight excluding hydrogens is 495 g/mol. The number of halogens is 3. The van der Waals surface area contributed by atoms with Crippen LogP contribution in [0.25, 0.3) is 10.2 Å². The van der Waals surface area contributed by atoms with Gasteiger partial charge in [0.15, 0.2) is 0 Å². The molecule has 0 N–H and O–H groups in total.